The summed E-state index contributed by atoms with van der Waals surface area (Å²) < 4.78 is 0. The Balaban J connectivity index is 1.15. The summed E-state index contributed by atoms with van der Waals surface area (Å²) in [5.41, 5.74) is 0. The highest BCUT2D eigenvalue weighted by Crippen LogP contribution is 2.62. The fraction of sp³-hybridized carbons (Fsp3) is 1.00. The van der Waals surface area contributed by atoms with Gasteiger partial charge in [0.25, 0.3) is 0 Å². The molecule has 0 aliphatic heterocycles. The summed E-state index contributed by atoms with van der Waals surface area (Å²) in [6, 6.07) is 5.57. The molecule has 0 saturated heterocycles. The lowest BCUT2D eigenvalue weighted by Gasteiger charge is -2.66. The molecule has 10 unspecified atom stereocenters. The summed E-state index contributed by atoms with van der Waals surface area (Å²) in [4.78, 5) is 7.03. The van der Waals surface area contributed by atoms with E-state index in [1.54, 1.807) is 103 Å². The lowest BCUT2D eigenvalue weighted by Crippen LogP contribution is -2.69. The van der Waals surface area contributed by atoms with E-state index in [1.165, 1.54) is 103 Å². The van der Waals surface area contributed by atoms with E-state index in [1.807, 2.05) is 0 Å². The normalized spacial score (nSPS) is 44.1. The second kappa shape index (κ2) is 15.5. The molecule has 9 fully saturated rings. The Hall–Kier alpha value is -0.0800. The summed E-state index contributed by atoms with van der Waals surface area (Å²) in [5.74, 6) is 8.35. The van der Waals surface area contributed by atoms with Crippen LogP contribution < -0.4 is 0 Å². The number of hydrogen-bond donors (Lipinski definition) is 0. The van der Waals surface area contributed by atoms with Gasteiger partial charge in [-0.15, -0.1) is 0 Å². The van der Waals surface area contributed by atoms with Crippen LogP contribution in [0.2, 0.25) is 0 Å². The Kier molecular flexibility index (Phi) is 10.9. The first-order valence-corrected chi connectivity index (χ1v) is 23.4. The largest absolute Gasteiger partial charge is 0.294 e. The maximum atomic E-state index is 3.54. The Bertz CT molecular complexity index is 964. The van der Waals surface area contributed by atoms with Gasteiger partial charge in [0.05, 0.1) is 0 Å². The summed E-state index contributed by atoms with van der Waals surface area (Å²) in [6.45, 7) is 0. The third kappa shape index (κ3) is 6.55. The monoisotopic (exact) mass is 659 g/mol. The lowest BCUT2D eigenvalue weighted by atomic mass is 9.46. The fourth-order valence-corrected chi connectivity index (χ4v) is 16.2. The van der Waals surface area contributed by atoms with E-state index in [0.717, 1.165) is 83.6 Å². The van der Waals surface area contributed by atoms with E-state index in [0.29, 0.717) is 0 Å². The number of nitrogens with zero attached hydrogens (tertiary/aromatic N) is 2. The molecule has 2 heteroatoms. The summed E-state index contributed by atoms with van der Waals surface area (Å²) in [5, 5.41) is 0. The predicted molar refractivity (Wildman–Crippen MR) is 202 cm³/mol. The minimum Gasteiger partial charge on any atom is -0.294 e. The molecule has 0 heterocycles. The third-order valence-electron chi connectivity index (χ3n) is 18.0. The first-order chi connectivity index (χ1) is 23.8. The molecule has 272 valence electrons. The molecule has 0 radical (unpaired) electrons. The minimum absolute atomic E-state index is 0.922. The van der Waals surface area contributed by atoms with Crippen molar-refractivity contribution in [2.24, 2.45) is 47.3 Å². The molecule has 0 N–H and O–H groups in total. The van der Waals surface area contributed by atoms with Crippen LogP contribution in [0.1, 0.15) is 205 Å². The van der Waals surface area contributed by atoms with E-state index < -0.39 is 0 Å². The minimum atomic E-state index is 0.922. The van der Waals surface area contributed by atoms with Gasteiger partial charge in [-0.25, -0.2) is 0 Å². The van der Waals surface area contributed by atoms with Crippen molar-refractivity contribution in [1.82, 2.24) is 9.80 Å². The van der Waals surface area contributed by atoms with Crippen LogP contribution in [0, 0.1) is 47.3 Å². The van der Waals surface area contributed by atoms with E-state index in [4.69, 9.17) is 0 Å². The van der Waals surface area contributed by atoms with Crippen LogP contribution in [0.25, 0.3) is 0 Å². The van der Waals surface area contributed by atoms with Gasteiger partial charge >= 0.3 is 0 Å². The molecule has 9 aliphatic rings. The van der Waals surface area contributed by atoms with Gasteiger partial charge in [-0.05, 0) is 137 Å². The molecule has 9 rings (SSSR count). The number of rotatable bonds is 6. The molecule has 0 amide bonds. The topological polar surface area (TPSA) is 6.48 Å². The average Bonchev–Trinajstić information content (AvgIpc) is 3.16. The lowest BCUT2D eigenvalue weighted by molar-refractivity contribution is -0.170. The Morgan fingerprint density at radius 3 is 1.17 bits per heavy atom. The van der Waals surface area contributed by atoms with Crippen LogP contribution >= 0.6 is 0 Å². The van der Waals surface area contributed by atoms with Crippen molar-refractivity contribution in [3.8, 4) is 0 Å². The van der Waals surface area contributed by atoms with Gasteiger partial charge in [-0.3, -0.25) is 9.80 Å². The highest BCUT2D eigenvalue weighted by Gasteiger charge is 2.60. The van der Waals surface area contributed by atoms with Gasteiger partial charge in [0, 0.05) is 36.3 Å². The Morgan fingerprint density at radius 2 is 0.625 bits per heavy atom. The highest BCUT2D eigenvalue weighted by molar-refractivity contribution is 5.12. The van der Waals surface area contributed by atoms with Gasteiger partial charge < -0.3 is 0 Å². The molecule has 9 saturated carbocycles. The van der Waals surface area contributed by atoms with Crippen LogP contribution in [0.4, 0.5) is 0 Å². The molecule has 0 aromatic rings. The van der Waals surface area contributed by atoms with Gasteiger partial charge in [0.15, 0.2) is 0 Å². The van der Waals surface area contributed by atoms with E-state index >= 15 is 0 Å². The molecule has 48 heavy (non-hydrogen) atoms. The van der Waals surface area contributed by atoms with Crippen molar-refractivity contribution in [1.29, 1.82) is 0 Å². The first-order valence-electron chi connectivity index (χ1n) is 23.4. The number of hydrogen-bond acceptors (Lipinski definition) is 2. The van der Waals surface area contributed by atoms with Crippen LogP contribution in [-0.4, -0.2) is 46.1 Å². The van der Waals surface area contributed by atoms with Gasteiger partial charge in [0.1, 0.15) is 0 Å². The summed E-state index contributed by atoms with van der Waals surface area (Å²) >= 11 is 0. The second-order valence-corrected chi connectivity index (χ2v) is 20.2. The van der Waals surface area contributed by atoms with E-state index in [2.05, 4.69) is 9.80 Å². The van der Waals surface area contributed by atoms with Crippen LogP contribution in [0.15, 0.2) is 0 Å². The molecular weight excluding hydrogens is 581 g/mol. The fourth-order valence-electron chi connectivity index (χ4n) is 16.2. The molecular formula is C46H78N2. The smallest absolute Gasteiger partial charge is 0.0166 e. The molecule has 0 aromatic carbocycles. The van der Waals surface area contributed by atoms with Crippen LogP contribution in [0.5, 0.6) is 0 Å². The van der Waals surface area contributed by atoms with Crippen molar-refractivity contribution in [3.63, 3.8) is 0 Å². The van der Waals surface area contributed by atoms with Gasteiger partial charge in [-0.1, -0.05) is 116 Å². The second-order valence-electron chi connectivity index (χ2n) is 20.2. The number of fused-ring (bicyclic) bond motifs is 5. The van der Waals surface area contributed by atoms with Crippen molar-refractivity contribution < 1.29 is 0 Å². The molecule has 2 nitrogen and oxygen atoms in total. The van der Waals surface area contributed by atoms with Crippen LogP contribution in [0.3, 0.4) is 0 Å². The molecule has 10 atom stereocenters. The molecule has 0 spiro atoms. The zero-order valence-electron chi connectivity index (χ0n) is 31.6. The van der Waals surface area contributed by atoms with Gasteiger partial charge in [-0.2, -0.15) is 0 Å². The van der Waals surface area contributed by atoms with Crippen molar-refractivity contribution in [3.05, 3.63) is 0 Å². The maximum absolute atomic E-state index is 3.54. The zero-order valence-corrected chi connectivity index (χ0v) is 31.6. The molecule has 0 aromatic heterocycles. The summed E-state index contributed by atoms with van der Waals surface area (Å²) in [6.07, 6.45) is 49.7. The van der Waals surface area contributed by atoms with E-state index in [9.17, 15) is 0 Å². The molecule has 0 bridgehead atoms. The van der Waals surface area contributed by atoms with Crippen molar-refractivity contribution >= 4 is 0 Å². The van der Waals surface area contributed by atoms with Crippen LogP contribution in [-0.2, 0) is 0 Å². The quantitative estimate of drug-likeness (QED) is 0.280. The summed E-state index contributed by atoms with van der Waals surface area (Å²) in [7, 11) is 0. The Labute approximate surface area is 298 Å². The third-order valence-corrected chi connectivity index (χ3v) is 18.0. The zero-order chi connectivity index (χ0) is 31.9. The van der Waals surface area contributed by atoms with E-state index in [-0.39, 0.29) is 0 Å². The average molecular weight is 659 g/mol. The Morgan fingerprint density at radius 1 is 0.250 bits per heavy atom. The van der Waals surface area contributed by atoms with Crippen molar-refractivity contribution in [2.75, 3.05) is 0 Å². The maximum Gasteiger partial charge on any atom is 0.0166 e. The predicted octanol–water partition coefficient (Wildman–Crippen LogP) is 12.3. The standard InChI is InChI=1S/C46H78N2/c1-5-19-36(20-6-1)47(37-21-7-2-8-22-37)45-41-28-16-14-18-34(41)31-43-42(45)32-35-30-29-33-17-13-15-27-40(33)44(35)46(43)48(38-23-9-3-10-24-38)39-25-11-4-12-26-39/h33-46H,1-32H2. The first kappa shape index (κ1) is 33.7. The van der Waals surface area contributed by atoms with Gasteiger partial charge in [0.2, 0.25) is 0 Å². The van der Waals surface area contributed by atoms with Crippen molar-refractivity contribution in [2.45, 2.75) is 242 Å². The SMILES string of the molecule is C1CCC(N(C2CCCCC2)C2C3CCCCC3CC3C2CC2CCC4CCCCC4C2C3N(C2CCCCC2)C2CCCCC2)CC1. The highest BCUT2D eigenvalue weighted by atomic mass is 15.3. The molecule has 9 aliphatic carbocycles.